The molecule has 0 bridgehead atoms. The van der Waals surface area contributed by atoms with Gasteiger partial charge in [0, 0.05) is 10.2 Å². The predicted octanol–water partition coefficient (Wildman–Crippen LogP) is 0.0916. The van der Waals surface area contributed by atoms with Crippen LogP contribution in [0.2, 0.25) is 5.54 Å². The molecule has 2 heteroatoms. The fraction of sp³-hybridized carbons (Fsp3) is 1.00. The average Bonchev–Trinajstić information content (AvgIpc) is 2.43. The highest BCUT2D eigenvalue weighted by Crippen LogP contribution is 2.40. The second kappa shape index (κ2) is 1.58. The van der Waals surface area contributed by atoms with Crippen LogP contribution in [0.25, 0.3) is 0 Å². The van der Waals surface area contributed by atoms with Gasteiger partial charge in [-0.3, -0.25) is 0 Å². The molecule has 1 aliphatic carbocycles. The van der Waals surface area contributed by atoms with Crippen molar-refractivity contribution in [2.75, 3.05) is 0 Å². The topological polar surface area (TPSA) is 12.5 Å². The fourth-order valence-electron chi connectivity index (χ4n) is 1.60. The predicted molar refractivity (Wildman–Crippen MR) is 36.2 cm³/mol. The van der Waals surface area contributed by atoms with Crippen molar-refractivity contribution in [1.29, 1.82) is 0 Å². The second-order valence-electron chi connectivity index (χ2n) is 3.13. The van der Waals surface area contributed by atoms with Crippen LogP contribution in [0.1, 0.15) is 19.3 Å². The fourth-order valence-corrected chi connectivity index (χ4v) is 2.40. The lowest BCUT2D eigenvalue weighted by molar-refractivity contribution is 0.373. The van der Waals surface area contributed by atoms with Crippen LogP contribution < -0.4 is 0 Å². The Bertz CT molecular complexity index is 105. The molecule has 1 saturated heterocycles. The molecule has 1 heterocycles. The van der Waals surface area contributed by atoms with Crippen LogP contribution in [0.15, 0.2) is 0 Å². The molecule has 2 rings (SSSR count). The Morgan fingerprint density at radius 1 is 1.25 bits per heavy atom. The summed E-state index contributed by atoms with van der Waals surface area (Å²) in [6, 6.07) is 0. The minimum atomic E-state index is 0.709. The number of epoxide rings is 1. The number of fused-ring (bicyclic) bond motifs is 1. The molecule has 0 aromatic rings. The van der Waals surface area contributed by atoms with Crippen molar-refractivity contribution >= 4 is 10.2 Å². The molecule has 0 spiro atoms. The molecular formula is C6H12OSi. The normalized spacial score (nSPS) is 53.2. The first-order valence-corrected chi connectivity index (χ1v) is 4.67. The van der Waals surface area contributed by atoms with E-state index in [-0.39, 0.29) is 0 Å². The molecule has 8 heavy (non-hydrogen) atoms. The number of hydrogen-bond donors (Lipinski definition) is 0. The van der Waals surface area contributed by atoms with Crippen LogP contribution in [0.5, 0.6) is 0 Å². The van der Waals surface area contributed by atoms with E-state index in [1.54, 1.807) is 0 Å². The Morgan fingerprint density at radius 3 is 2.75 bits per heavy atom. The minimum Gasteiger partial charge on any atom is -0.370 e. The summed E-state index contributed by atoms with van der Waals surface area (Å²) in [5, 5.41) is 0. The van der Waals surface area contributed by atoms with Gasteiger partial charge in [0.25, 0.3) is 0 Å². The van der Waals surface area contributed by atoms with Gasteiger partial charge in [0.2, 0.25) is 0 Å². The highest BCUT2D eigenvalue weighted by atomic mass is 28.1. The third kappa shape index (κ3) is 0.719. The number of ether oxygens (including phenoxy) is 1. The standard InChI is InChI=1S/C6H12OSi/c8-4-1-2-5-6(3-4)7-5/h4-6H,1-3H2,8H3. The van der Waals surface area contributed by atoms with Gasteiger partial charge in [-0.1, -0.05) is 12.0 Å². The third-order valence-electron chi connectivity index (χ3n) is 2.27. The van der Waals surface area contributed by atoms with Gasteiger partial charge in [-0.05, 0) is 12.8 Å². The number of rotatable bonds is 0. The second-order valence-corrected chi connectivity index (χ2v) is 4.76. The summed E-state index contributed by atoms with van der Waals surface area (Å²) in [7, 11) is 1.39. The maximum Gasteiger partial charge on any atom is 0.0841 e. The first kappa shape index (κ1) is 5.00. The Morgan fingerprint density at radius 2 is 2.12 bits per heavy atom. The van der Waals surface area contributed by atoms with Crippen LogP contribution in [-0.2, 0) is 4.74 Å². The quantitative estimate of drug-likeness (QED) is 0.333. The van der Waals surface area contributed by atoms with Crippen molar-refractivity contribution in [2.45, 2.75) is 37.0 Å². The van der Waals surface area contributed by atoms with Gasteiger partial charge in [0.05, 0.1) is 12.2 Å². The molecule has 0 aromatic carbocycles. The molecular weight excluding hydrogens is 116 g/mol. The largest absolute Gasteiger partial charge is 0.370 e. The SMILES string of the molecule is [SiH3]C1CCC2OC2C1. The maximum absolute atomic E-state index is 5.37. The van der Waals surface area contributed by atoms with Gasteiger partial charge in [-0.15, -0.1) is 0 Å². The molecule has 1 aliphatic heterocycles. The molecule has 0 aromatic heterocycles. The van der Waals surface area contributed by atoms with Crippen LogP contribution in [0.3, 0.4) is 0 Å². The zero-order valence-electron chi connectivity index (χ0n) is 5.26. The highest BCUT2D eigenvalue weighted by molar-refractivity contribution is 6.11. The number of hydrogen-bond acceptors (Lipinski definition) is 1. The van der Waals surface area contributed by atoms with Gasteiger partial charge in [-0.2, -0.15) is 0 Å². The van der Waals surface area contributed by atoms with Crippen molar-refractivity contribution in [3.8, 4) is 0 Å². The molecule has 2 aliphatic rings. The molecule has 0 N–H and O–H groups in total. The lowest BCUT2D eigenvalue weighted by Gasteiger charge is -2.11. The molecule has 0 amide bonds. The zero-order chi connectivity index (χ0) is 5.56. The van der Waals surface area contributed by atoms with Crippen molar-refractivity contribution in [2.24, 2.45) is 0 Å². The van der Waals surface area contributed by atoms with Crippen LogP contribution in [0, 0.1) is 0 Å². The zero-order valence-corrected chi connectivity index (χ0v) is 7.26. The van der Waals surface area contributed by atoms with Gasteiger partial charge in [0.1, 0.15) is 0 Å². The van der Waals surface area contributed by atoms with Crippen LogP contribution >= 0.6 is 0 Å². The first-order chi connectivity index (χ1) is 3.86. The van der Waals surface area contributed by atoms with E-state index in [2.05, 4.69) is 0 Å². The lowest BCUT2D eigenvalue weighted by Crippen LogP contribution is -2.08. The third-order valence-corrected chi connectivity index (χ3v) is 3.32. The van der Waals surface area contributed by atoms with E-state index in [1.165, 1.54) is 29.5 Å². The van der Waals surface area contributed by atoms with Crippen molar-refractivity contribution in [3.63, 3.8) is 0 Å². The highest BCUT2D eigenvalue weighted by Gasteiger charge is 2.42. The first-order valence-electron chi connectivity index (χ1n) is 3.52. The van der Waals surface area contributed by atoms with E-state index in [4.69, 9.17) is 4.74 Å². The summed E-state index contributed by atoms with van der Waals surface area (Å²) in [6.45, 7) is 0. The summed E-state index contributed by atoms with van der Waals surface area (Å²) in [5.74, 6) is 0. The molecule has 1 nitrogen and oxygen atoms in total. The molecule has 3 unspecified atom stereocenters. The van der Waals surface area contributed by atoms with E-state index in [9.17, 15) is 0 Å². The van der Waals surface area contributed by atoms with Gasteiger partial charge >= 0.3 is 0 Å². The summed E-state index contributed by atoms with van der Waals surface area (Å²) in [5.41, 5.74) is 1.07. The van der Waals surface area contributed by atoms with Gasteiger partial charge in [-0.25, -0.2) is 0 Å². The molecule has 3 atom stereocenters. The van der Waals surface area contributed by atoms with Gasteiger partial charge in [0.15, 0.2) is 0 Å². The summed E-state index contributed by atoms with van der Waals surface area (Å²) < 4.78 is 5.37. The minimum absolute atomic E-state index is 0.709. The van der Waals surface area contributed by atoms with Crippen LogP contribution in [-0.4, -0.2) is 22.5 Å². The van der Waals surface area contributed by atoms with Gasteiger partial charge < -0.3 is 4.74 Å². The van der Waals surface area contributed by atoms with E-state index in [0.29, 0.717) is 12.2 Å². The summed E-state index contributed by atoms with van der Waals surface area (Å²) in [6.07, 6.45) is 5.62. The van der Waals surface area contributed by atoms with Crippen molar-refractivity contribution in [3.05, 3.63) is 0 Å². The Hall–Kier alpha value is 0.177. The van der Waals surface area contributed by atoms with E-state index >= 15 is 0 Å². The summed E-state index contributed by atoms with van der Waals surface area (Å²) >= 11 is 0. The van der Waals surface area contributed by atoms with Crippen molar-refractivity contribution in [1.82, 2.24) is 0 Å². The van der Waals surface area contributed by atoms with E-state index in [1.807, 2.05) is 0 Å². The Labute approximate surface area is 52.8 Å². The van der Waals surface area contributed by atoms with Crippen LogP contribution in [0.4, 0.5) is 0 Å². The Kier molecular flexibility index (Phi) is 0.986. The maximum atomic E-state index is 5.37. The van der Waals surface area contributed by atoms with E-state index in [0.717, 1.165) is 5.54 Å². The molecule has 2 fully saturated rings. The molecule has 0 radical (unpaired) electrons. The van der Waals surface area contributed by atoms with Crippen molar-refractivity contribution < 1.29 is 4.74 Å². The molecule has 1 saturated carbocycles. The average molecular weight is 128 g/mol. The molecule has 46 valence electrons. The smallest absolute Gasteiger partial charge is 0.0841 e. The van der Waals surface area contributed by atoms with E-state index < -0.39 is 0 Å². The Balaban J connectivity index is 1.93. The monoisotopic (exact) mass is 128 g/mol. The lowest BCUT2D eigenvalue weighted by atomic mass is 10.0. The summed E-state index contributed by atoms with van der Waals surface area (Å²) in [4.78, 5) is 0.